The summed E-state index contributed by atoms with van der Waals surface area (Å²) in [7, 11) is 0. The van der Waals surface area contributed by atoms with Gasteiger partial charge in [-0.05, 0) is 43.4 Å². The van der Waals surface area contributed by atoms with Crippen molar-refractivity contribution in [1.82, 2.24) is 5.32 Å². The third-order valence-electron chi connectivity index (χ3n) is 3.94. The first-order chi connectivity index (χ1) is 9.22. The molecular formula is C16H24BrNO. The van der Waals surface area contributed by atoms with Gasteiger partial charge in [0, 0.05) is 23.2 Å². The molecule has 1 aromatic carbocycles. The maximum Gasteiger partial charge on any atom is 0.0587 e. The fourth-order valence-corrected chi connectivity index (χ4v) is 3.01. The van der Waals surface area contributed by atoms with Crippen molar-refractivity contribution in [1.29, 1.82) is 0 Å². The Bertz CT molecular complexity index is 379. The molecule has 1 saturated heterocycles. The molecule has 3 unspecified atom stereocenters. The van der Waals surface area contributed by atoms with E-state index in [2.05, 4.69) is 59.4 Å². The Morgan fingerprint density at radius 1 is 1.32 bits per heavy atom. The molecule has 106 valence electrons. The normalized spacial score (nSPS) is 25.2. The molecular weight excluding hydrogens is 302 g/mol. The minimum absolute atomic E-state index is 0.439. The van der Waals surface area contributed by atoms with Crippen LogP contribution in [-0.4, -0.2) is 18.8 Å². The average molecular weight is 326 g/mol. The van der Waals surface area contributed by atoms with Crippen molar-refractivity contribution in [3.63, 3.8) is 0 Å². The molecule has 3 atom stereocenters. The summed E-state index contributed by atoms with van der Waals surface area (Å²) in [5.41, 5.74) is 1.38. The van der Waals surface area contributed by atoms with Crippen LogP contribution in [0.5, 0.6) is 0 Å². The third-order valence-corrected chi connectivity index (χ3v) is 4.47. The highest BCUT2D eigenvalue weighted by atomic mass is 79.9. The topological polar surface area (TPSA) is 21.3 Å². The average Bonchev–Trinajstić information content (AvgIpc) is 2.46. The minimum Gasteiger partial charge on any atom is -0.378 e. The van der Waals surface area contributed by atoms with Crippen LogP contribution in [0.15, 0.2) is 28.7 Å². The maximum absolute atomic E-state index is 5.75. The van der Waals surface area contributed by atoms with Crippen LogP contribution in [0.1, 0.15) is 51.1 Å². The first-order valence-electron chi connectivity index (χ1n) is 7.36. The molecule has 0 saturated carbocycles. The third kappa shape index (κ3) is 4.30. The smallest absolute Gasteiger partial charge is 0.0587 e. The van der Waals surface area contributed by atoms with Crippen molar-refractivity contribution in [3.05, 3.63) is 34.3 Å². The van der Waals surface area contributed by atoms with E-state index in [0.717, 1.165) is 36.8 Å². The number of rotatable bonds is 5. The summed E-state index contributed by atoms with van der Waals surface area (Å²) in [5.74, 6) is 0. The van der Waals surface area contributed by atoms with Crippen molar-refractivity contribution in [2.75, 3.05) is 6.61 Å². The molecule has 1 aliphatic heterocycles. The lowest BCUT2D eigenvalue weighted by Gasteiger charge is -2.32. The maximum atomic E-state index is 5.75. The molecule has 0 aromatic heterocycles. The Balaban J connectivity index is 1.96. The Kier molecular flexibility index (Phi) is 5.86. The van der Waals surface area contributed by atoms with E-state index in [1.165, 1.54) is 5.56 Å². The predicted molar refractivity (Wildman–Crippen MR) is 83.4 cm³/mol. The summed E-state index contributed by atoms with van der Waals surface area (Å²) in [6.45, 7) is 5.35. The second kappa shape index (κ2) is 7.41. The van der Waals surface area contributed by atoms with E-state index in [4.69, 9.17) is 4.74 Å². The molecule has 1 heterocycles. The van der Waals surface area contributed by atoms with Crippen LogP contribution < -0.4 is 5.32 Å². The molecule has 1 fully saturated rings. The molecule has 19 heavy (non-hydrogen) atoms. The number of halogens is 1. The van der Waals surface area contributed by atoms with Crippen LogP contribution >= 0.6 is 15.9 Å². The van der Waals surface area contributed by atoms with Crippen molar-refractivity contribution in [3.8, 4) is 0 Å². The second-order valence-electron chi connectivity index (χ2n) is 5.30. The van der Waals surface area contributed by atoms with Gasteiger partial charge >= 0.3 is 0 Å². The number of nitrogens with one attached hydrogen (secondary N) is 1. The SMILES string of the molecule is CCC1CC(NC(CC)c2ccc(Br)cc2)CCO1. The van der Waals surface area contributed by atoms with Gasteiger partial charge in [-0.2, -0.15) is 0 Å². The van der Waals surface area contributed by atoms with Crippen molar-refractivity contribution in [2.24, 2.45) is 0 Å². The van der Waals surface area contributed by atoms with E-state index in [9.17, 15) is 0 Å². The second-order valence-corrected chi connectivity index (χ2v) is 6.22. The molecule has 0 amide bonds. The van der Waals surface area contributed by atoms with Crippen molar-refractivity contribution >= 4 is 15.9 Å². The Hall–Kier alpha value is -0.380. The molecule has 3 heteroatoms. The van der Waals surface area contributed by atoms with Gasteiger partial charge in [-0.15, -0.1) is 0 Å². The zero-order chi connectivity index (χ0) is 13.7. The Morgan fingerprint density at radius 2 is 2.05 bits per heavy atom. The van der Waals surface area contributed by atoms with Crippen LogP contribution in [0.3, 0.4) is 0 Å². The molecule has 0 radical (unpaired) electrons. The Labute approximate surface area is 125 Å². The van der Waals surface area contributed by atoms with Crippen molar-refractivity contribution in [2.45, 2.75) is 57.7 Å². The van der Waals surface area contributed by atoms with Gasteiger partial charge in [-0.25, -0.2) is 0 Å². The van der Waals surface area contributed by atoms with Crippen molar-refractivity contribution < 1.29 is 4.74 Å². The summed E-state index contributed by atoms with van der Waals surface area (Å²) in [4.78, 5) is 0. The summed E-state index contributed by atoms with van der Waals surface area (Å²) >= 11 is 3.50. The Morgan fingerprint density at radius 3 is 2.68 bits per heavy atom. The molecule has 2 rings (SSSR count). The van der Waals surface area contributed by atoms with E-state index >= 15 is 0 Å². The van der Waals surface area contributed by atoms with Gasteiger partial charge < -0.3 is 10.1 Å². The van der Waals surface area contributed by atoms with Gasteiger partial charge in [0.05, 0.1) is 6.10 Å². The fourth-order valence-electron chi connectivity index (χ4n) is 2.75. The lowest BCUT2D eigenvalue weighted by atomic mass is 9.98. The summed E-state index contributed by atoms with van der Waals surface area (Å²) in [5, 5.41) is 3.81. The molecule has 1 aliphatic rings. The van der Waals surface area contributed by atoms with E-state index < -0.39 is 0 Å². The number of benzene rings is 1. The molecule has 2 nitrogen and oxygen atoms in total. The highest BCUT2D eigenvalue weighted by Crippen LogP contribution is 2.23. The molecule has 1 N–H and O–H groups in total. The van der Waals surface area contributed by atoms with E-state index in [0.29, 0.717) is 18.2 Å². The van der Waals surface area contributed by atoms with Crippen LogP contribution in [0, 0.1) is 0 Å². The zero-order valence-corrected chi connectivity index (χ0v) is 13.4. The number of hydrogen-bond acceptors (Lipinski definition) is 2. The minimum atomic E-state index is 0.439. The molecule has 0 spiro atoms. The summed E-state index contributed by atoms with van der Waals surface area (Å²) < 4.78 is 6.89. The van der Waals surface area contributed by atoms with Crippen LogP contribution in [-0.2, 0) is 4.74 Å². The first kappa shape index (κ1) is 15.0. The highest BCUT2D eigenvalue weighted by molar-refractivity contribution is 9.10. The van der Waals surface area contributed by atoms with Gasteiger partial charge in [-0.3, -0.25) is 0 Å². The van der Waals surface area contributed by atoms with E-state index in [1.807, 2.05) is 0 Å². The quantitative estimate of drug-likeness (QED) is 0.863. The van der Waals surface area contributed by atoms with Gasteiger partial charge in [0.25, 0.3) is 0 Å². The van der Waals surface area contributed by atoms with Crippen LogP contribution in [0.4, 0.5) is 0 Å². The summed E-state index contributed by atoms with van der Waals surface area (Å²) in [6.07, 6.45) is 4.95. The summed E-state index contributed by atoms with van der Waals surface area (Å²) in [6, 6.07) is 9.71. The van der Waals surface area contributed by atoms with Gasteiger partial charge in [0.2, 0.25) is 0 Å². The molecule has 0 bridgehead atoms. The standard InChI is InChI=1S/C16H24BrNO/c1-3-15-11-14(9-10-19-15)18-16(4-2)12-5-7-13(17)8-6-12/h5-8,14-16,18H,3-4,9-11H2,1-2H3. The monoisotopic (exact) mass is 325 g/mol. The first-order valence-corrected chi connectivity index (χ1v) is 8.15. The zero-order valence-electron chi connectivity index (χ0n) is 11.9. The largest absolute Gasteiger partial charge is 0.378 e. The van der Waals surface area contributed by atoms with E-state index in [1.54, 1.807) is 0 Å². The molecule has 0 aliphatic carbocycles. The lowest BCUT2D eigenvalue weighted by molar-refractivity contribution is -0.00210. The predicted octanol–water partition coefficient (Wildman–Crippen LogP) is 4.45. The molecule has 1 aromatic rings. The van der Waals surface area contributed by atoms with Crippen LogP contribution in [0.2, 0.25) is 0 Å². The van der Waals surface area contributed by atoms with Gasteiger partial charge in [-0.1, -0.05) is 41.9 Å². The van der Waals surface area contributed by atoms with Gasteiger partial charge in [0.1, 0.15) is 0 Å². The van der Waals surface area contributed by atoms with Crippen LogP contribution in [0.25, 0.3) is 0 Å². The van der Waals surface area contributed by atoms with Gasteiger partial charge in [0.15, 0.2) is 0 Å². The fraction of sp³-hybridized carbons (Fsp3) is 0.625. The number of hydrogen-bond donors (Lipinski definition) is 1. The lowest BCUT2D eigenvalue weighted by Crippen LogP contribution is -2.40. The van der Waals surface area contributed by atoms with E-state index in [-0.39, 0.29) is 0 Å². The number of ether oxygens (including phenoxy) is 1. The highest BCUT2D eigenvalue weighted by Gasteiger charge is 2.23.